The second-order valence-corrected chi connectivity index (χ2v) is 8.71. The molecule has 0 spiro atoms. The van der Waals surface area contributed by atoms with Crippen molar-refractivity contribution in [1.82, 2.24) is 14.7 Å². The van der Waals surface area contributed by atoms with E-state index in [9.17, 15) is 18.8 Å². The van der Waals surface area contributed by atoms with Crippen LogP contribution in [0.1, 0.15) is 44.1 Å². The molecular weight excluding hydrogens is 385 g/mol. The average Bonchev–Trinajstić information content (AvgIpc) is 3.21. The van der Waals surface area contributed by atoms with E-state index in [1.165, 1.54) is 12.1 Å². The predicted octanol–water partition coefficient (Wildman–Crippen LogP) is 2.22. The van der Waals surface area contributed by atoms with Crippen LogP contribution in [0.2, 0.25) is 0 Å². The van der Waals surface area contributed by atoms with Crippen LogP contribution in [0, 0.1) is 11.7 Å². The van der Waals surface area contributed by atoms with Gasteiger partial charge < -0.3 is 14.7 Å². The molecule has 3 amide bonds. The van der Waals surface area contributed by atoms with Gasteiger partial charge in [0.1, 0.15) is 5.82 Å². The first-order chi connectivity index (χ1) is 14.5. The van der Waals surface area contributed by atoms with Gasteiger partial charge in [-0.2, -0.15) is 0 Å². The highest BCUT2D eigenvalue weighted by atomic mass is 19.1. The van der Waals surface area contributed by atoms with Crippen LogP contribution in [-0.4, -0.2) is 71.2 Å². The molecule has 6 nitrogen and oxygen atoms in total. The molecule has 3 aliphatic heterocycles. The van der Waals surface area contributed by atoms with Gasteiger partial charge in [0.15, 0.2) is 0 Å². The molecule has 0 N–H and O–H groups in total. The SMILES string of the molecule is O=C(Cc1ccc(F)cc1)N1CCC(C(=O)N2CCC(N3CCCC3=O)CC2)CC1. The summed E-state index contributed by atoms with van der Waals surface area (Å²) in [7, 11) is 0. The van der Waals surface area contributed by atoms with Gasteiger partial charge in [0.05, 0.1) is 6.42 Å². The Morgan fingerprint density at radius 1 is 0.900 bits per heavy atom. The molecule has 3 aliphatic rings. The number of amides is 3. The van der Waals surface area contributed by atoms with Gasteiger partial charge in [-0.15, -0.1) is 0 Å². The highest BCUT2D eigenvalue weighted by molar-refractivity contribution is 5.81. The van der Waals surface area contributed by atoms with E-state index in [0.29, 0.717) is 32.4 Å². The summed E-state index contributed by atoms with van der Waals surface area (Å²) >= 11 is 0. The largest absolute Gasteiger partial charge is 0.342 e. The molecule has 1 aromatic carbocycles. The van der Waals surface area contributed by atoms with Crippen molar-refractivity contribution in [2.45, 2.75) is 51.0 Å². The van der Waals surface area contributed by atoms with E-state index in [0.717, 1.165) is 44.5 Å². The van der Waals surface area contributed by atoms with Gasteiger partial charge in [0.2, 0.25) is 17.7 Å². The van der Waals surface area contributed by atoms with E-state index in [-0.39, 0.29) is 41.9 Å². The van der Waals surface area contributed by atoms with Crippen LogP contribution in [-0.2, 0) is 20.8 Å². The summed E-state index contributed by atoms with van der Waals surface area (Å²) in [5.74, 6) is 0.166. The summed E-state index contributed by atoms with van der Waals surface area (Å²) in [5, 5.41) is 0. The van der Waals surface area contributed by atoms with Gasteiger partial charge in [0.25, 0.3) is 0 Å². The van der Waals surface area contributed by atoms with Gasteiger partial charge >= 0.3 is 0 Å². The lowest BCUT2D eigenvalue weighted by atomic mass is 9.93. The van der Waals surface area contributed by atoms with Crippen LogP contribution >= 0.6 is 0 Å². The van der Waals surface area contributed by atoms with Crippen molar-refractivity contribution in [2.24, 2.45) is 5.92 Å². The minimum Gasteiger partial charge on any atom is -0.342 e. The lowest BCUT2D eigenvalue weighted by Gasteiger charge is -2.39. The maximum atomic E-state index is 13.0. The van der Waals surface area contributed by atoms with E-state index < -0.39 is 0 Å². The topological polar surface area (TPSA) is 60.9 Å². The minimum absolute atomic E-state index is 0.0233. The summed E-state index contributed by atoms with van der Waals surface area (Å²) in [6.07, 6.45) is 5.01. The van der Waals surface area contributed by atoms with Crippen LogP contribution < -0.4 is 0 Å². The van der Waals surface area contributed by atoms with Crippen LogP contribution in [0.3, 0.4) is 0 Å². The first kappa shape index (κ1) is 20.8. The molecule has 3 heterocycles. The molecular formula is C23H30FN3O3. The smallest absolute Gasteiger partial charge is 0.226 e. The van der Waals surface area contributed by atoms with E-state index in [1.807, 2.05) is 14.7 Å². The second kappa shape index (κ2) is 9.14. The van der Waals surface area contributed by atoms with Gasteiger partial charge in [-0.05, 0) is 49.8 Å². The Kier molecular flexibility index (Phi) is 6.35. The molecule has 3 saturated heterocycles. The van der Waals surface area contributed by atoms with Crippen molar-refractivity contribution in [2.75, 3.05) is 32.7 Å². The third-order valence-corrected chi connectivity index (χ3v) is 6.79. The fraction of sp³-hybridized carbons (Fsp3) is 0.609. The lowest BCUT2D eigenvalue weighted by molar-refractivity contribution is -0.142. The number of halogens is 1. The maximum absolute atomic E-state index is 13.0. The summed E-state index contributed by atoms with van der Waals surface area (Å²) in [6.45, 7) is 3.49. The monoisotopic (exact) mass is 415 g/mol. The Balaban J connectivity index is 1.22. The molecule has 30 heavy (non-hydrogen) atoms. The number of nitrogens with zero attached hydrogens (tertiary/aromatic N) is 3. The van der Waals surface area contributed by atoms with Crippen LogP contribution in [0.5, 0.6) is 0 Å². The summed E-state index contributed by atoms with van der Waals surface area (Å²) in [5.41, 5.74) is 0.805. The first-order valence-corrected chi connectivity index (χ1v) is 11.1. The highest BCUT2D eigenvalue weighted by Gasteiger charge is 2.35. The molecule has 7 heteroatoms. The number of piperidine rings is 2. The van der Waals surface area contributed by atoms with Crippen LogP contribution in [0.4, 0.5) is 4.39 Å². The average molecular weight is 416 g/mol. The van der Waals surface area contributed by atoms with Crippen molar-refractivity contribution in [3.05, 3.63) is 35.6 Å². The number of hydrogen-bond donors (Lipinski definition) is 0. The third kappa shape index (κ3) is 4.65. The lowest BCUT2D eigenvalue weighted by Crippen LogP contribution is -2.50. The van der Waals surface area contributed by atoms with Crippen molar-refractivity contribution in [3.8, 4) is 0 Å². The Labute approximate surface area is 177 Å². The normalized spacial score (nSPS) is 21.4. The summed E-state index contributed by atoms with van der Waals surface area (Å²) in [6, 6.07) is 6.31. The predicted molar refractivity (Wildman–Crippen MR) is 110 cm³/mol. The molecule has 0 aromatic heterocycles. The fourth-order valence-corrected chi connectivity index (χ4v) is 4.98. The number of hydrogen-bond acceptors (Lipinski definition) is 3. The molecule has 0 unspecified atom stereocenters. The molecule has 0 aliphatic carbocycles. The van der Waals surface area contributed by atoms with E-state index in [4.69, 9.17) is 0 Å². The Hall–Kier alpha value is -2.44. The fourth-order valence-electron chi connectivity index (χ4n) is 4.98. The number of benzene rings is 1. The van der Waals surface area contributed by atoms with E-state index in [1.54, 1.807) is 12.1 Å². The van der Waals surface area contributed by atoms with Gasteiger partial charge in [-0.25, -0.2) is 4.39 Å². The van der Waals surface area contributed by atoms with Gasteiger partial charge in [0, 0.05) is 51.1 Å². The van der Waals surface area contributed by atoms with Crippen molar-refractivity contribution in [3.63, 3.8) is 0 Å². The molecule has 0 radical (unpaired) electrons. The first-order valence-electron chi connectivity index (χ1n) is 11.1. The zero-order valence-corrected chi connectivity index (χ0v) is 17.4. The van der Waals surface area contributed by atoms with E-state index >= 15 is 0 Å². The Morgan fingerprint density at radius 3 is 2.13 bits per heavy atom. The quantitative estimate of drug-likeness (QED) is 0.758. The number of carbonyl (C=O) groups excluding carboxylic acids is 3. The molecule has 3 fully saturated rings. The minimum atomic E-state index is -0.304. The molecule has 162 valence electrons. The standard InChI is InChI=1S/C23H30FN3O3/c24-19-5-3-17(4-6-19)16-22(29)25-12-7-18(8-13-25)23(30)26-14-9-20(10-15-26)27-11-1-2-21(27)28/h3-6,18,20H,1-2,7-16H2. The zero-order chi connectivity index (χ0) is 21.1. The van der Waals surface area contributed by atoms with Crippen molar-refractivity contribution in [1.29, 1.82) is 0 Å². The molecule has 0 atom stereocenters. The molecule has 0 bridgehead atoms. The van der Waals surface area contributed by atoms with E-state index in [2.05, 4.69) is 0 Å². The van der Waals surface area contributed by atoms with Crippen molar-refractivity contribution >= 4 is 17.7 Å². The van der Waals surface area contributed by atoms with Crippen LogP contribution in [0.15, 0.2) is 24.3 Å². The maximum Gasteiger partial charge on any atom is 0.226 e. The molecule has 4 rings (SSSR count). The Morgan fingerprint density at radius 2 is 1.53 bits per heavy atom. The Bertz CT molecular complexity index is 781. The summed E-state index contributed by atoms with van der Waals surface area (Å²) < 4.78 is 13.0. The van der Waals surface area contributed by atoms with Gasteiger partial charge in [-0.3, -0.25) is 14.4 Å². The number of carbonyl (C=O) groups is 3. The van der Waals surface area contributed by atoms with Crippen LogP contribution in [0.25, 0.3) is 0 Å². The van der Waals surface area contributed by atoms with Gasteiger partial charge in [-0.1, -0.05) is 12.1 Å². The zero-order valence-electron chi connectivity index (χ0n) is 17.4. The van der Waals surface area contributed by atoms with Crippen molar-refractivity contribution < 1.29 is 18.8 Å². The number of rotatable bonds is 4. The summed E-state index contributed by atoms with van der Waals surface area (Å²) in [4.78, 5) is 43.2. The third-order valence-electron chi connectivity index (χ3n) is 6.79. The number of likely N-dealkylation sites (tertiary alicyclic amines) is 3. The molecule has 1 aromatic rings. The second-order valence-electron chi connectivity index (χ2n) is 8.71. The molecule has 0 saturated carbocycles. The highest BCUT2D eigenvalue weighted by Crippen LogP contribution is 2.26.